The molecule has 0 bridgehead atoms. The Morgan fingerprint density at radius 1 is 1.48 bits per heavy atom. The molecule has 1 atom stereocenters. The van der Waals surface area contributed by atoms with Crippen molar-refractivity contribution < 1.29 is 14.1 Å². The van der Waals surface area contributed by atoms with Gasteiger partial charge in [-0.2, -0.15) is 4.39 Å². The van der Waals surface area contributed by atoms with E-state index in [1.165, 1.54) is 6.07 Å². The maximum atomic E-state index is 13.3. The highest BCUT2D eigenvalue weighted by Crippen LogP contribution is 2.21. The van der Waals surface area contributed by atoms with E-state index < -0.39 is 16.4 Å². The van der Waals surface area contributed by atoms with Crippen LogP contribution in [0.5, 0.6) is 0 Å². The fraction of sp³-hybridized carbons (Fsp3) is 0.500. The standard InChI is InChI=1S/C14H18FN3O3/c1-16(2)11-4-3-7-17(9-11)14(19)10-5-6-12(15)13(8-10)18(20)21/h5-6,8,11H,3-4,7,9H2,1-2H3. The van der Waals surface area contributed by atoms with Crippen LogP contribution in [-0.4, -0.2) is 53.9 Å². The molecule has 0 aliphatic carbocycles. The summed E-state index contributed by atoms with van der Waals surface area (Å²) >= 11 is 0. The van der Waals surface area contributed by atoms with Gasteiger partial charge in [-0.05, 0) is 39.1 Å². The van der Waals surface area contributed by atoms with Crippen molar-refractivity contribution in [3.05, 3.63) is 39.7 Å². The summed E-state index contributed by atoms with van der Waals surface area (Å²) in [4.78, 5) is 26.1. The monoisotopic (exact) mass is 295 g/mol. The van der Waals surface area contributed by atoms with Crippen LogP contribution in [0.15, 0.2) is 18.2 Å². The molecule has 0 spiro atoms. The van der Waals surface area contributed by atoms with Gasteiger partial charge in [0.2, 0.25) is 5.82 Å². The van der Waals surface area contributed by atoms with Crippen molar-refractivity contribution in [1.29, 1.82) is 0 Å². The normalized spacial score (nSPS) is 18.9. The van der Waals surface area contributed by atoms with Gasteiger partial charge in [0.1, 0.15) is 0 Å². The first-order chi connectivity index (χ1) is 9.90. The van der Waals surface area contributed by atoms with E-state index >= 15 is 0 Å². The van der Waals surface area contributed by atoms with E-state index in [0.29, 0.717) is 13.1 Å². The van der Waals surface area contributed by atoms with Gasteiger partial charge in [-0.1, -0.05) is 0 Å². The topological polar surface area (TPSA) is 66.7 Å². The average Bonchev–Trinajstić information content (AvgIpc) is 2.46. The van der Waals surface area contributed by atoms with Crippen LogP contribution in [0.25, 0.3) is 0 Å². The summed E-state index contributed by atoms with van der Waals surface area (Å²) in [6, 6.07) is 3.55. The second-order valence-electron chi connectivity index (χ2n) is 5.43. The molecule has 1 aromatic rings. The molecule has 6 nitrogen and oxygen atoms in total. The Morgan fingerprint density at radius 2 is 2.19 bits per heavy atom. The molecule has 1 aliphatic heterocycles. The number of likely N-dealkylation sites (tertiary alicyclic amines) is 1. The van der Waals surface area contributed by atoms with Crippen LogP contribution in [-0.2, 0) is 0 Å². The summed E-state index contributed by atoms with van der Waals surface area (Å²) < 4.78 is 13.3. The predicted octanol–water partition coefficient (Wildman–Crippen LogP) is 1.90. The number of nitrogens with zero attached hydrogens (tertiary/aromatic N) is 3. The van der Waals surface area contributed by atoms with Gasteiger partial charge in [0.05, 0.1) is 4.92 Å². The van der Waals surface area contributed by atoms with Crippen molar-refractivity contribution >= 4 is 11.6 Å². The first-order valence-corrected chi connectivity index (χ1v) is 6.80. The minimum Gasteiger partial charge on any atom is -0.337 e. The smallest absolute Gasteiger partial charge is 0.305 e. The summed E-state index contributed by atoms with van der Waals surface area (Å²) in [6.45, 7) is 1.20. The molecule has 1 aromatic carbocycles. The van der Waals surface area contributed by atoms with Gasteiger partial charge in [0.15, 0.2) is 0 Å². The molecule has 1 unspecified atom stereocenters. The third-order valence-corrected chi connectivity index (χ3v) is 3.80. The molecule has 114 valence electrons. The third kappa shape index (κ3) is 3.36. The first-order valence-electron chi connectivity index (χ1n) is 6.80. The predicted molar refractivity (Wildman–Crippen MR) is 75.7 cm³/mol. The minimum atomic E-state index is -0.929. The molecule has 1 heterocycles. The van der Waals surface area contributed by atoms with Crippen LogP contribution in [0.4, 0.5) is 10.1 Å². The summed E-state index contributed by atoms with van der Waals surface area (Å²) in [5.74, 6) is -1.22. The van der Waals surface area contributed by atoms with E-state index in [0.717, 1.165) is 25.0 Å². The number of likely N-dealkylation sites (N-methyl/N-ethyl adjacent to an activating group) is 1. The zero-order valence-corrected chi connectivity index (χ0v) is 12.1. The zero-order chi connectivity index (χ0) is 15.6. The van der Waals surface area contributed by atoms with Gasteiger partial charge in [0.25, 0.3) is 5.91 Å². The Labute approximate surface area is 122 Å². The van der Waals surface area contributed by atoms with Crippen LogP contribution in [0.3, 0.4) is 0 Å². The molecule has 2 rings (SSSR count). The molecular formula is C14H18FN3O3. The fourth-order valence-electron chi connectivity index (χ4n) is 2.53. The molecule has 0 saturated carbocycles. The van der Waals surface area contributed by atoms with Gasteiger partial charge in [-0.25, -0.2) is 0 Å². The lowest BCUT2D eigenvalue weighted by Crippen LogP contribution is -2.47. The Balaban J connectivity index is 2.20. The Kier molecular flexibility index (Phi) is 4.52. The van der Waals surface area contributed by atoms with Gasteiger partial charge in [-0.15, -0.1) is 0 Å². The van der Waals surface area contributed by atoms with E-state index in [4.69, 9.17) is 0 Å². The average molecular weight is 295 g/mol. The maximum absolute atomic E-state index is 13.3. The SMILES string of the molecule is CN(C)C1CCCN(C(=O)c2ccc(F)c([N+](=O)[O-])c2)C1. The molecule has 1 fully saturated rings. The van der Waals surface area contributed by atoms with Crippen molar-refractivity contribution in [2.45, 2.75) is 18.9 Å². The lowest BCUT2D eigenvalue weighted by atomic mass is 10.0. The number of piperidine rings is 1. The molecular weight excluding hydrogens is 277 g/mol. The number of nitro benzene ring substituents is 1. The van der Waals surface area contributed by atoms with E-state index in [1.807, 2.05) is 14.1 Å². The van der Waals surface area contributed by atoms with Gasteiger partial charge in [-0.3, -0.25) is 14.9 Å². The van der Waals surface area contributed by atoms with Crippen molar-refractivity contribution in [2.24, 2.45) is 0 Å². The Bertz CT molecular complexity index is 562. The summed E-state index contributed by atoms with van der Waals surface area (Å²) in [5.41, 5.74) is -0.510. The van der Waals surface area contributed by atoms with Crippen molar-refractivity contribution in [3.63, 3.8) is 0 Å². The van der Waals surface area contributed by atoms with E-state index in [2.05, 4.69) is 4.90 Å². The summed E-state index contributed by atoms with van der Waals surface area (Å²) in [7, 11) is 3.92. The molecule has 1 amide bonds. The van der Waals surface area contributed by atoms with Crippen LogP contribution < -0.4 is 0 Å². The number of carbonyl (C=O) groups is 1. The lowest BCUT2D eigenvalue weighted by molar-refractivity contribution is -0.387. The molecule has 0 aromatic heterocycles. The van der Waals surface area contributed by atoms with E-state index in [1.54, 1.807) is 4.90 Å². The van der Waals surface area contributed by atoms with Gasteiger partial charge < -0.3 is 9.80 Å². The maximum Gasteiger partial charge on any atom is 0.305 e. The van der Waals surface area contributed by atoms with Crippen molar-refractivity contribution in [1.82, 2.24) is 9.80 Å². The van der Waals surface area contributed by atoms with Crippen LogP contribution in [0, 0.1) is 15.9 Å². The summed E-state index contributed by atoms with van der Waals surface area (Å²) in [5, 5.41) is 10.7. The molecule has 0 N–H and O–H groups in total. The largest absolute Gasteiger partial charge is 0.337 e. The number of halogens is 1. The quantitative estimate of drug-likeness (QED) is 0.631. The van der Waals surface area contributed by atoms with Crippen LogP contribution in [0.2, 0.25) is 0 Å². The first kappa shape index (κ1) is 15.4. The highest BCUT2D eigenvalue weighted by molar-refractivity contribution is 5.95. The Hall–Kier alpha value is -2.02. The number of rotatable bonds is 3. The highest BCUT2D eigenvalue weighted by Gasteiger charge is 2.27. The second kappa shape index (κ2) is 6.17. The molecule has 1 saturated heterocycles. The molecule has 21 heavy (non-hydrogen) atoms. The van der Waals surface area contributed by atoms with Crippen LogP contribution in [0.1, 0.15) is 23.2 Å². The van der Waals surface area contributed by atoms with E-state index in [9.17, 15) is 19.3 Å². The summed E-state index contributed by atoms with van der Waals surface area (Å²) in [6.07, 6.45) is 1.90. The molecule has 7 heteroatoms. The Morgan fingerprint density at radius 3 is 2.81 bits per heavy atom. The van der Waals surface area contributed by atoms with Crippen molar-refractivity contribution in [3.8, 4) is 0 Å². The molecule has 0 radical (unpaired) electrons. The second-order valence-corrected chi connectivity index (χ2v) is 5.43. The lowest BCUT2D eigenvalue weighted by Gasteiger charge is -2.36. The third-order valence-electron chi connectivity index (χ3n) is 3.80. The highest BCUT2D eigenvalue weighted by atomic mass is 19.1. The zero-order valence-electron chi connectivity index (χ0n) is 12.1. The number of benzene rings is 1. The molecule has 1 aliphatic rings. The number of nitro groups is 1. The van der Waals surface area contributed by atoms with E-state index in [-0.39, 0.29) is 17.5 Å². The number of hydrogen-bond donors (Lipinski definition) is 0. The van der Waals surface area contributed by atoms with Crippen LogP contribution >= 0.6 is 0 Å². The van der Waals surface area contributed by atoms with Crippen molar-refractivity contribution in [2.75, 3.05) is 27.2 Å². The minimum absolute atomic E-state index is 0.155. The number of carbonyl (C=O) groups excluding carboxylic acids is 1. The number of hydrogen-bond acceptors (Lipinski definition) is 4. The fourth-order valence-corrected chi connectivity index (χ4v) is 2.53. The number of amides is 1. The van der Waals surface area contributed by atoms with Gasteiger partial charge in [0, 0.05) is 30.8 Å². The van der Waals surface area contributed by atoms with Gasteiger partial charge >= 0.3 is 5.69 Å².